The lowest BCUT2D eigenvalue weighted by atomic mass is 10.1. The number of carbonyl (C=O) groups is 1. The number of hydrogen-bond donors (Lipinski definition) is 0. The molecule has 0 aliphatic carbocycles. The summed E-state index contributed by atoms with van der Waals surface area (Å²) in [4.78, 5) is 16.7. The molecule has 1 amide bonds. The van der Waals surface area contributed by atoms with Crippen molar-refractivity contribution >= 4 is 5.91 Å². The van der Waals surface area contributed by atoms with Crippen LogP contribution in [0.5, 0.6) is 23.0 Å². The van der Waals surface area contributed by atoms with Gasteiger partial charge in [0.15, 0.2) is 6.61 Å². The van der Waals surface area contributed by atoms with Crippen molar-refractivity contribution in [3.63, 3.8) is 0 Å². The molecule has 3 rings (SSSR count). The van der Waals surface area contributed by atoms with Gasteiger partial charge in [0.25, 0.3) is 5.91 Å². The smallest absolute Gasteiger partial charge is 0.260 e. The van der Waals surface area contributed by atoms with Crippen LogP contribution in [0.4, 0.5) is 0 Å². The van der Waals surface area contributed by atoms with E-state index in [1.807, 2.05) is 47.4 Å². The van der Waals surface area contributed by atoms with Crippen LogP contribution in [0.1, 0.15) is 18.9 Å². The standard InChI is InChI=1S/C24H32N2O5/c1-4-15-30-20-5-7-21(8-6-20)31-18-24(27)26-13-11-25(12-14-26)17-19-16-22(28-2)9-10-23(19)29-3/h5-10,16H,4,11-15,17-18H2,1-3H3. The van der Waals surface area contributed by atoms with Gasteiger partial charge in [-0.2, -0.15) is 0 Å². The molecule has 1 saturated heterocycles. The van der Waals surface area contributed by atoms with Gasteiger partial charge < -0.3 is 23.8 Å². The highest BCUT2D eigenvalue weighted by Crippen LogP contribution is 2.25. The van der Waals surface area contributed by atoms with Gasteiger partial charge in [-0.25, -0.2) is 0 Å². The molecule has 1 heterocycles. The molecule has 0 bridgehead atoms. The average molecular weight is 429 g/mol. The molecule has 0 N–H and O–H groups in total. The molecule has 0 radical (unpaired) electrons. The van der Waals surface area contributed by atoms with Crippen LogP contribution in [0.2, 0.25) is 0 Å². The van der Waals surface area contributed by atoms with E-state index < -0.39 is 0 Å². The Hall–Kier alpha value is -2.93. The lowest BCUT2D eigenvalue weighted by Crippen LogP contribution is -2.49. The molecule has 0 spiro atoms. The zero-order chi connectivity index (χ0) is 22.1. The van der Waals surface area contributed by atoms with Gasteiger partial charge in [-0.15, -0.1) is 0 Å². The first-order chi connectivity index (χ1) is 15.1. The van der Waals surface area contributed by atoms with Gasteiger partial charge in [-0.05, 0) is 48.9 Å². The van der Waals surface area contributed by atoms with Crippen molar-refractivity contribution in [2.24, 2.45) is 0 Å². The van der Waals surface area contributed by atoms with Gasteiger partial charge >= 0.3 is 0 Å². The molecule has 0 saturated carbocycles. The Bertz CT molecular complexity index is 832. The summed E-state index contributed by atoms with van der Waals surface area (Å²) in [5, 5.41) is 0. The number of benzene rings is 2. The summed E-state index contributed by atoms with van der Waals surface area (Å²) in [7, 11) is 3.33. The molecule has 0 aromatic heterocycles. The van der Waals surface area contributed by atoms with Crippen molar-refractivity contribution in [3.8, 4) is 23.0 Å². The van der Waals surface area contributed by atoms with Gasteiger partial charge in [0, 0.05) is 38.3 Å². The van der Waals surface area contributed by atoms with Gasteiger partial charge in [0.05, 0.1) is 20.8 Å². The lowest BCUT2D eigenvalue weighted by molar-refractivity contribution is -0.135. The Labute approximate surface area is 184 Å². The summed E-state index contributed by atoms with van der Waals surface area (Å²) >= 11 is 0. The maximum Gasteiger partial charge on any atom is 0.260 e. The predicted octanol–water partition coefficient (Wildman–Crippen LogP) is 3.22. The van der Waals surface area contributed by atoms with Gasteiger partial charge in [0.1, 0.15) is 23.0 Å². The Morgan fingerprint density at radius 1 is 0.871 bits per heavy atom. The maximum absolute atomic E-state index is 12.5. The fraction of sp³-hybridized carbons (Fsp3) is 0.458. The Balaban J connectivity index is 1.44. The van der Waals surface area contributed by atoms with Crippen molar-refractivity contribution in [2.75, 3.05) is 53.6 Å². The quantitative estimate of drug-likeness (QED) is 0.579. The summed E-state index contributed by atoms with van der Waals surface area (Å²) in [5.41, 5.74) is 1.08. The molecule has 168 valence electrons. The Morgan fingerprint density at radius 3 is 2.13 bits per heavy atom. The van der Waals surface area contributed by atoms with E-state index in [0.717, 1.165) is 48.9 Å². The number of amides is 1. The first-order valence-electron chi connectivity index (χ1n) is 10.7. The van der Waals surface area contributed by atoms with Crippen molar-refractivity contribution in [2.45, 2.75) is 19.9 Å². The molecule has 7 nitrogen and oxygen atoms in total. The summed E-state index contributed by atoms with van der Waals surface area (Å²) < 4.78 is 22.0. The van der Waals surface area contributed by atoms with Crippen LogP contribution >= 0.6 is 0 Å². The van der Waals surface area contributed by atoms with E-state index >= 15 is 0 Å². The minimum absolute atomic E-state index is 0.00456. The third kappa shape index (κ3) is 6.52. The number of hydrogen-bond acceptors (Lipinski definition) is 6. The third-order valence-corrected chi connectivity index (χ3v) is 5.27. The van der Waals surface area contributed by atoms with E-state index in [0.29, 0.717) is 25.4 Å². The average Bonchev–Trinajstić information content (AvgIpc) is 2.82. The largest absolute Gasteiger partial charge is 0.497 e. The van der Waals surface area contributed by atoms with Gasteiger partial charge in [-0.3, -0.25) is 9.69 Å². The van der Waals surface area contributed by atoms with E-state index in [1.165, 1.54) is 0 Å². The summed E-state index contributed by atoms with van der Waals surface area (Å²) in [6.45, 7) is 6.51. The van der Waals surface area contributed by atoms with Crippen molar-refractivity contribution in [1.29, 1.82) is 0 Å². The fourth-order valence-electron chi connectivity index (χ4n) is 3.49. The van der Waals surface area contributed by atoms with Crippen LogP contribution in [-0.4, -0.2) is 69.3 Å². The second-order valence-corrected chi connectivity index (χ2v) is 7.44. The van der Waals surface area contributed by atoms with Gasteiger partial charge in [-0.1, -0.05) is 6.92 Å². The van der Waals surface area contributed by atoms with Crippen LogP contribution in [0.25, 0.3) is 0 Å². The zero-order valence-electron chi connectivity index (χ0n) is 18.6. The van der Waals surface area contributed by atoms with Crippen LogP contribution < -0.4 is 18.9 Å². The molecule has 2 aromatic carbocycles. The number of carbonyl (C=O) groups excluding carboxylic acids is 1. The third-order valence-electron chi connectivity index (χ3n) is 5.27. The van der Waals surface area contributed by atoms with E-state index in [9.17, 15) is 4.79 Å². The van der Waals surface area contributed by atoms with Crippen molar-refractivity contribution in [3.05, 3.63) is 48.0 Å². The second-order valence-electron chi connectivity index (χ2n) is 7.44. The molecule has 2 aromatic rings. The molecular formula is C24H32N2O5. The summed E-state index contributed by atoms with van der Waals surface area (Å²) in [6, 6.07) is 13.2. The topological polar surface area (TPSA) is 60.5 Å². The Morgan fingerprint density at radius 2 is 1.52 bits per heavy atom. The van der Waals surface area contributed by atoms with Crippen molar-refractivity contribution < 1.29 is 23.7 Å². The highest BCUT2D eigenvalue weighted by molar-refractivity contribution is 5.77. The van der Waals surface area contributed by atoms with Crippen LogP contribution in [0.3, 0.4) is 0 Å². The summed E-state index contributed by atoms with van der Waals surface area (Å²) in [5.74, 6) is 3.14. The van der Waals surface area contributed by atoms with Crippen LogP contribution in [0.15, 0.2) is 42.5 Å². The minimum atomic E-state index is 0.00456. The molecule has 1 aliphatic rings. The van der Waals surface area contributed by atoms with Crippen LogP contribution in [0, 0.1) is 0 Å². The molecule has 0 unspecified atom stereocenters. The number of ether oxygens (including phenoxy) is 4. The van der Waals surface area contributed by atoms with E-state index in [1.54, 1.807) is 14.2 Å². The SMILES string of the molecule is CCCOc1ccc(OCC(=O)N2CCN(Cc3cc(OC)ccc3OC)CC2)cc1. The number of piperazine rings is 1. The highest BCUT2D eigenvalue weighted by atomic mass is 16.5. The van der Waals surface area contributed by atoms with E-state index in [2.05, 4.69) is 11.8 Å². The second kappa shape index (κ2) is 11.5. The molecule has 31 heavy (non-hydrogen) atoms. The summed E-state index contributed by atoms with van der Waals surface area (Å²) in [6.07, 6.45) is 0.965. The molecule has 1 aliphatic heterocycles. The first kappa shape index (κ1) is 22.7. The Kier molecular flexibility index (Phi) is 8.41. The number of nitrogens with zero attached hydrogens (tertiary/aromatic N) is 2. The molecule has 7 heteroatoms. The predicted molar refractivity (Wildman–Crippen MR) is 119 cm³/mol. The monoisotopic (exact) mass is 428 g/mol. The fourth-order valence-corrected chi connectivity index (χ4v) is 3.49. The van der Waals surface area contributed by atoms with Crippen LogP contribution in [-0.2, 0) is 11.3 Å². The lowest BCUT2D eigenvalue weighted by Gasteiger charge is -2.35. The van der Waals surface area contributed by atoms with E-state index in [-0.39, 0.29) is 12.5 Å². The molecular weight excluding hydrogens is 396 g/mol. The number of rotatable bonds is 10. The number of methoxy groups -OCH3 is 2. The van der Waals surface area contributed by atoms with E-state index in [4.69, 9.17) is 18.9 Å². The van der Waals surface area contributed by atoms with Crippen molar-refractivity contribution in [1.82, 2.24) is 9.80 Å². The first-order valence-corrected chi connectivity index (χ1v) is 10.7. The van der Waals surface area contributed by atoms with Gasteiger partial charge in [0.2, 0.25) is 0 Å². The normalized spacial score (nSPS) is 14.2. The maximum atomic E-state index is 12.5. The molecule has 0 atom stereocenters. The highest BCUT2D eigenvalue weighted by Gasteiger charge is 2.22. The minimum Gasteiger partial charge on any atom is -0.497 e. The molecule has 1 fully saturated rings. The zero-order valence-corrected chi connectivity index (χ0v) is 18.6.